The lowest BCUT2D eigenvalue weighted by molar-refractivity contribution is -0.0190. The van der Waals surface area contributed by atoms with Gasteiger partial charge < -0.3 is 0 Å². The van der Waals surface area contributed by atoms with Crippen LogP contribution in [0.4, 0.5) is 0 Å². The van der Waals surface area contributed by atoms with E-state index < -0.39 is 0 Å². The maximum absolute atomic E-state index is 2.50. The lowest BCUT2D eigenvalue weighted by atomic mass is 9.55. The molecule has 0 N–H and O–H groups in total. The van der Waals surface area contributed by atoms with E-state index in [9.17, 15) is 0 Å². The topological polar surface area (TPSA) is 0 Å². The quantitative estimate of drug-likeness (QED) is 0.534. The molecular formula is C16H32. The molecule has 1 saturated carbocycles. The number of rotatable bonds is 7. The van der Waals surface area contributed by atoms with Gasteiger partial charge in [-0.2, -0.15) is 0 Å². The molecule has 0 spiro atoms. The Morgan fingerprint density at radius 1 is 0.938 bits per heavy atom. The molecule has 1 aliphatic carbocycles. The van der Waals surface area contributed by atoms with E-state index in [2.05, 4.69) is 34.6 Å². The largest absolute Gasteiger partial charge is 0.0654 e. The Balaban J connectivity index is 2.28. The fraction of sp³-hybridized carbons (Fsp3) is 1.00. The fourth-order valence-corrected chi connectivity index (χ4v) is 3.87. The highest BCUT2D eigenvalue weighted by Gasteiger charge is 2.43. The zero-order valence-electron chi connectivity index (χ0n) is 12.1. The smallest absolute Gasteiger partial charge is 0.0355 e. The van der Waals surface area contributed by atoms with Crippen LogP contribution in [-0.2, 0) is 0 Å². The summed E-state index contributed by atoms with van der Waals surface area (Å²) in [5.74, 6) is 5.02. The van der Waals surface area contributed by atoms with E-state index >= 15 is 0 Å². The lowest BCUT2D eigenvalue weighted by Gasteiger charge is -2.51. The molecule has 3 unspecified atom stereocenters. The standard InChI is InChI=1S/C16H32/c1-6-8-10-12(3)11-16-13(4)15(9-7-2)14(16)5/h12-16H,6-11H2,1-5H3. The Hall–Kier alpha value is 0. The molecule has 0 heteroatoms. The maximum atomic E-state index is 2.50. The zero-order chi connectivity index (χ0) is 12.1. The van der Waals surface area contributed by atoms with Gasteiger partial charge in [-0.15, -0.1) is 0 Å². The third-order valence-electron chi connectivity index (χ3n) is 5.05. The van der Waals surface area contributed by atoms with Crippen LogP contribution in [0.3, 0.4) is 0 Å². The van der Waals surface area contributed by atoms with Gasteiger partial charge in [0.2, 0.25) is 0 Å². The Labute approximate surface area is 103 Å². The molecule has 1 fully saturated rings. The van der Waals surface area contributed by atoms with E-state index in [1.165, 1.54) is 38.5 Å². The summed E-state index contributed by atoms with van der Waals surface area (Å²) in [5, 5.41) is 0. The summed E-state index contributed by atoms with van der Waals surface area (Å²) < 4.78 is 0. The molecular weight excluding hydrogens is 192 g/mol. The normalized spacial score (nSPS) is 35.8. The Morgan fingerprint density at radius 2 is 1.56 bits per heavy atom. The van der Waals surface area contributed by atoms with Crippen LogP contribution in [-0.4, -0.2) is 0 Å². The molecule has 16 heavy (non-hydrogen) atoms. The molecule has 0 aliphatic heterocycles. The predicted molar refractivity (Wildman–Crippen MR) is 73.5 cm³/mol. The van der Waals surface area contributed by atoms with Gasteiger partial charge in [0.1, 0.15) is 0 Å². The SMILES string of the molecule is CCCCC(C)CC1C(C)C(CCC)C1C. The molecule has 0 nitrogen and oxygen atoms in total. The molecule has 96 valence electrons. The van der Waals surface area contributed by atoms with Crippen molar-refractivity contribution in [2.24, 2.45) is 29.6 Å². The fourth-order valence-electron chi connectivity index (χ4n) is 3.87. The predicted octanol–water partition coefficient (Wildman–Crippen LogP) is 5.52. The van der Waals surface area contributed by atoms with Crippen LogP contribution in [0.2, 0.25) is 0 Å². The number of hydrogen-bond donors (Lipinski definition) is 0. The van der Waals surface area contributed by atoms with Crippen LogP contribution in [0.15, 0.2) is 0 Å². The van der Waals surface area contributed by atoms with Crippen molar-refractivity contribution in [2.45, 2.75) is 73.1 Å². The first-order chi connectivity index (χ1) is 7.61. The van der Waals surface area contributed by atoms with Gasteiger partial charge in [0.15, 0.2) is 0 Å². The summed E-state index contributed by atoms with van der Waals surface area (Å²) >= 11 is 0. The van der Waals surface area contributed by atoms with Crippen LogP contribution < -0.4 is 0 Å². The van der Waals surface area contributed by atoms with Gasteiger partial charge in [-0.1, -0.05) is 66.7 Å². The van der Waals surface area contributed by atoms with Crippen LogP contribution >= 0.6 is 0 Å². The second-order valence-electron chi connectivity index (χ2n) is 6.32. The highest BCUT2D eigenvalue weighted by molar-refractivity contribution is 4.92. The highest BCUT2D eigenvalue weighted by Crippen LogP contribution is 2.50. The van der Waals surface area contributed by atoms with E-state index in [0.29, 0.717) is 0 Å². The summed E-state index contributed by atoms with van der Waals surface area (Å²) in [7, 11) is 0. The second kappa shape index (κ2) is 6.67. The zero-order valence-corrected chi connectivity index (χ0v) is 12.1. The van der Waals surface area contributed by atoms with Crippen LogP contribution in [0.1, 0.15) is 73.1 Å². The summed E-state index contributed by atoms with van der Waals surface area (Å²) in [6.45, 7) is 12.1. The summed E-state index contributed by atoms with van der Waals surface area (Å²) in [6.07, 6.45) is 8.56. The van der Waals surface area contributed by atoms with E-state index in [1.807, 2.05) is 0 Å². The number of hydrogen-bond acceptors (Lipinski definition) is 0. The molecule has 0 bridgehead atoms. The van der Waals surface area contributed by atoms with E-state index in [4.69, 9.17) is 0 Å². The molecule has 0 aromatic rings. The first-order valence-electron chi connectivity index (χ1n) is 7.61. The van der Waals surface area contributed by atoms with Crippen molar-refractivity contribution in [3.8, 4) is 0 Å². The maximum Gasteiger partial charge on any atom is -0.0355 e. The monoisotopic (exact) mass is 224 g/mol. The molecule has 0 radical (unpaired) electrons. The van der Waals surface area contributed by atoms with Gasteiger partial charge in [0.25, 0.3) is 0 Å². The summed E-state index contributed by atoms with van der Waals surface area (Å²) in [5.41, 5.74) is 0. The molecule has 0 saturated heterocycles. The molecule has 1 rings (SSSR count). The van der Waals surface area contributed by atoms with Crippen molar-refractivity contribution < 1.29 is 0 Å². The van der Waals surface area contributed by atoms with Crippen molar-refractivity contribution in [3.63, 3.8) is 0 Å². The third kappa shape index (κ3) is 3.25. The van der Waals surface area contributed by atoms with Crippen molar-refractivity contribution in [3.05, 3.63) is 0 Å². The van der Waals surface area contributed by atoms with Crippen molar-refractivity contribution in [1.29, 1.82) is 0 Å². The van der Waals surface area contributed by atoms with Gasteiger partial charge in [0, 0.05) is 0 Å². The van der Waals surface area contributed by atoms with Crippen LogP contribution in [0.5, 0.6) is 0 Å². The Bertz CT molecular complexity index is 174. The first kappa shape index (κ1) is 14.1. The van der Waals surface area contributed by atoms with E-state index in [1.54, 1.807) is 0 Å². The average molecular weight is 224 g/mol. The summed E-state index contributed by atoms with van der Waals surface area (Å²) in [4.78, 5) is 0. The summed E-state index contributed by atoms with van der Waals surface area (Å²) in [6, 6.07) is 0. The van der Waals surface area contributed by atoms with E-state index in [-0.39, 0.29) is 0 Å². The lowest BCUT2D eigenvalue weighted by Crippen LogP contribution is -2.44. The number of unbranched alkanes of at least 4 members (excludes halogenated alkanes) is 1. The van der Waals surface area contributed by atoms with Gasteiger partial charge >= 0.3 is 0 Å². The highest BCUT2D eigenvalue weighted by atomic mass is 14.5. The second-order valence-corrected chi connectivity index (χ2v) is 6.32. The molecule has 0 heterocycles. The van der Waals surface area contributed by atoms with E-state index in [0.717, 1.165) is 29.6 Å². The average Bonchev–Trinajstić information content (AvgIpc) is 2.30. The van der Waals surface area contributed by atoms with Crippen molar-refractivity contribution >= 4 is 0 Å². The van der Waals surface area contributed by atoms with Gasteiger partial charge in [-0.25, -0.2) is 0 Å². The molecule has 0 aromatic heterocycles. The van der Waals surface area contributed by atoms with Crippen LogP contribution in [0, 0.1) is 29.6 Å². The molecule has 3 atom stereocenters. The Kier molecular flexibility index (Phi) is 5.86. The minimum Gasteiger partial charge on any atom is -0.0654 e. The van der Waals surface area contributed by atoms with Gasteiger partial charge in [-0.05, 0) is 36.0 Å². The molecule has 0 aromatic carbocycles. The molecule has 1 aliphatic rings. The van der Waals surface area contributed by atoms with Crippen molar-refractivity contribution in [2.75, 3.05) is 0 Å². The first-order valence-corrected chi connectivity index (χ1v) is 7.61. The van der Waals surface area contributed by atoms with Crippen LogP contribution in [0.25, 0.3) is 0 Å². The minimum absolute atomic E-state index is 0.956. The molecule has 0 amide bonds. The van der Waals surface area contributed by atoms with Gasteiger partial charge in [0.05, 0.1) is 0 Å². The Morgan fingerprint density at radius 3 is 2.06 bits per heavy atom. The van der Waals surface area contributed by atoms with Crippen molar-refractivity contribution in [1.82, 2.24) is 0 Å². The minimum atomic E-state index is 0.956. The van der Waals surface area contributed by atoms with Gasteiger partial charge in [-0.3, -0.25) is 0 Å². The third-order valence-corrected chi connectivity index (χ3v) is 5.05.